The summed E-state index contributed by atoms with van der Waals surface area (Å²) >= 11 is 11.0. The second-order valence-electron chi connectivity index (χ2n) is 6.30. The molecule has 1 fully saturated rings. The highest BCUT2D eigenvalue weighted by Crippen LogP contribution is 2.19. The fraction of sp³-hybridized carbons (Fsp3) is 0.238. The van der Waals surface area contributed by atoms with Crippen molar-refractivity contribution in [3.05, 3.63) is 65.2 Å². The number of amides is 1. The van der Waals surface area contributed by atoms with Crippen molar-refractivity contribution < 1.29 is 14.3 Å². The molecule has 1 unspecified atom stereocenters. The molecule has 1 atom stereocenters. The number of nitrogens with one attached hydrogen (secondary N) is 2. The molecule has 1 saturated heterocycles. The summed E-state index contributed by atoms with van der Waals surface area (Å²) in [5.41, 5.74) is 1.60. The number of thiocarbonyl (C=S) groups is 1. The van der Waals surface area contributed by atoms with Gasteiger partial charge in [-0.3, -0.25) is 10.1 Å². The molecule has 146 valence electrons. The summed E-state index contributed by atoms with van der Waals surface area (Å²) in [6.07, 6.45) is 5.37. The Kier molecular flexibility index (Phi) is 7.42. The van der Waals surface area contributed by atoms with E-state index in [1.54, 1.807) is 18.2 Å². The van der Waals surface area contributed by atoms with Gasteiger partial charge in [0.1, 0.15) is 12.4 Å². The van der Waals surface area contributed by atoms with E-state index in [2.05, 4.69) is 10.6 Å². The SMILES string of the molecule is O=C(/C=C/c1ccc(Cl)cc1)NC(=S)Nc1cccc(OCC2CCCO2)c1. The van der Waals surface area contributed by atoms with Gasteiger partial charge in [0.15, 0.2) is 5.11 Å². The zero-order chi connectivity index (χ0) is 19.8. The Morgan fingerprint density at radius 1 is 1.29 bits per heavy atom. The second-order valence-corrected chi connectivity index (χ2v) is 7.15. The first-order valence-corrected chi connectivity index (χ1v) is 9.77. The van der Waals surface area contributed by atoms with E-state index in [9.17, 15) is 4.79 Å². The minimum Gasteiger partial charge on any atom is -0.491 e. The van der Waals surface area contributed by atoms with Gasteiger partial charge in [0.2, 0.25) is 5.91 Å². The first kappa shape index (κ1) is 20.3. The van der Waals surface area contributed by atoms with Gasteiger partial charge in [-0.25, -0.2) is 0 Å². The van der Waals surface area contributed by atoms with Gasteiger partial charge in [0, 0.05) is 29.5 Å². The van der Waals surface area contributed by atoms with Gasteiger partial charge in [-0.05, 0) is 61.0 Å². The molecule has 0 bridgehead atoms. The summed E-state index contributed by atoms with van der Waals surface area (Å²) in [5, 5.41) is 6.46. The molecule has 1 aliphatic heterocycles. The summed E-state index contributed by atoms with van der Waals surface area (Å²) < 4.78 is 11.3. The molecular weight excluding hydrogens is 396 g/mol. The lowest BCUT2D eigenvalue weighted by atomic mass is 10.2. The van der Waals surface area contributed by atoms with E-state index < -0.39 is 0 Å². The van der Waals surface area contributed by atoms with E-state index in [1.807, 2.05) is 36.4 Å². The summed E-state index contributed by atoms with van der Waals surface area (Å²) in [4.78, 5) is 12.0. The predicted molar refractivity (Wildman–Crippen MR) is 116 cm³/mol. The molecule has 1 amide bonds. The molecule has 7 heteroatoms. The van der Waals surface area contributed by atoms with Crippen molar-refractivity contribution in [3.8, 4) is 5.75 Å². The Balaban J connectivity index is 1.47. The van der Waals surface area contributed by atoms with Gasteiger partial charge in [0.05, 0.1) is 6.10 Å². The number of carbonyl (C=O) groups is 1. The standard InChI is InChI=1S/C21H21ClN2O3S/c22-16-9-6-15(7-10-16)8-11-20(25)24-21(28)23-17-3-1-4-18(13-17)27-14-19-5-2-12-26-19/h1,3-4,6-11,13,19H,2,5,12,14H2,(H2,23,24,25,28)/b11-8+. The largest absolute Gasteiger partial charge is 0.491 e. The van der Waals surface area contributed by atoms with Crippen molar-refractivity contribution in [1.82, 2.24) is 5.32 Å². The molecule has 2 N–H and O–H groups in total. The summed E-state index contributed by atoms with van der Waals surface area (Å²) in [7, 11) is 0. The Labute approximate surface area is 174 Å². The Morgan fingerprint density at radius 3 is 2.86 bits per heavy atom. The van der Waals surface area contributed by atoms with Crippen LogP contribution in [0.4, 0.5) is 5.69 Å². The molecule has 0 aromatic heterocycles. The maximum absolute atomic E-state index is 12.0. The van der Waals surface area contributed by atoms with Crippen molar-refractivity contribution >= 4 is 46.6 Å². The summed E-state index contributed by atoms with van der Waals surface area (Å²) in [6, 6.07) is 14.6. The fourth-order valence-corrected chi connectivity index (χ4v) is 3.03. The van der Waals surface area contributed by atoms with E-state index in [1.165, 1.54) is 6.08 Å². The summed E-state index contributed by atoms with van der Waals surface area (Å²) in [5.74, 6) is 0.399. The van der Waals surface area contributed by atoms with Gasteiger partial charge in [-0.15, -0.1) is 0 Å². The highest BCUT2D eigenvalue weighted by molar-refractivity contribution is 7.80. The molecule has 0 radical (unpaired) electrons. The highest BCUT2D eigenvalue weighted by Gasteiger charge is 2.16. The molecule has 5 nitrogen and oxygen atoms in total. The third-order valence-electron chi connectivity index (χ3n) is 4.09. The number of rotatable bonds is 6. The third-order valence-corrected chi connectivity index (χ3v) is 4.54. The van der Waals surface area contributed by atoms with Crippen molar-refractivity contribution in [2.24, 2.45) is 0 Å². The number of carbonyl (C=O) groups excluding carboxylic acids is 1. The highest BCUT2D eigenvalue weighted by atomic mass is 35.5. The van der Waals surface area contributed by atoms with Crippen molar-refractivity contribution in [2.75, 3.05) is 18.5 Å². The van der Waals surface area contributed by atoms with E-state index in [0.29, 0.717) is 11.6 Å². The topological polar surface area (TPSA) is 59.6 Å². The normalized spacial score (nSPS) is 16.1. The molecule has 1 heterocycles. The van der Waals surface area contributed by atoms with Gasteiger partial charge < -0.3 is 14.8 Å². The van der Waals surface area contributed by atoms with Crippen LogP contribution in [-0.2, 0) is 9.53 Å². The smallest absolute Gasteiger partial charge is 0.250 e. The van der Waals surface area contributed by atoms with E-state index >= 15 is 0 Å². The molecule has 0 aliphatic carbocycles. The van der Waals surface area contributed by atoms with Crippen molar-refractivity contribution in [1.29, 1.82) is 0 Å². The van der Waals surface area contributed by atoms with Crippen LogP contribution in [0.2, 0.25) is 5.02 Å². The maximum atomic E-state index is 12.0. The molecule has 28 heavy (non-hydrogen) atoms. The lowest BCUT2D eigenvalue weighted by molar-refractivity contribution is -0.115. The lowest BCUT2D eigenvalue weighted by Crippen LogP contribution is -2.32. The third kappa shape index (κ3) is 6.64. The average molecular weight is 417 g/mol. The lowest BCUT2D eigenvalue weighted by Gasteiger charge is -2.13. The number of hydrogen-bond donors (Lipinski definition) is 2. The first-order chi connectivity index (χ1) is 13.6. The second kappa shape index (κ2) is 10.2. The van der Waals surface area contributed by atoms with Crippen LogP contribution in [0.1, 0.15) is 18.4 Å². The van der Waals surface area contributed by atoms with Gasteiger partial charge in [-0.1, -0.05) is 29.8 Å². The monoisotopic (exact) mass is 416 g/mol. The number of ether oxygens (including phenoxy) is 2. The van der Waals surface area contributed by atoms with Gasteiger partial charge >= 0.3 is 0 Å². The quantitative estimate of drug-likeness (QED) is 0.539. The molecule has 0 spiro atoms. The van der Waals surface area contributed by atoms with Crippen molar-refractivity contribution in [2.45, 2.75) is 18.9 Å². The van der Waals surface area contributed by atoms with Gasteiger partial charge in [0.25, 0.3) is 0 Å². The Hall–Kier alpha value is -2.41. The van der Waals surface area contributed by atoms with Crippen LogP contribution in [0.5, 0.6) is 5.75 Å². The predicted octanol–water partition coefficient (Wildman–Crippen LogP) is 4.42. The fourth-order valence-electron chi connectivity index (χ4n) is 2.69. The Bertz CT molecular complexity index is 849. The minimum absolute atomic E-state index is 0.157. The van der Waals surface area contributed by atoms with Crippen LogP contribution in [0.3, 0.4) is 0 Å². The number of hydrogen-bond acceptors (Lipinski definition) is 4. The van der Waals surface area contributed by atoms with Crippen LogP contribution in [-0.4, -0.2) is 30.3 Å². The molecule has 2 aromatic rings. The molecule has 0 saturated carbocycles. The van der Waals surface area contributed by atoms with Crippen LogP contribution in [0.25, 0.3) is 6.08 Å². The molecule has 2 aromatic carbocycles. The average Bonchev–Trinajstić information content (AvgIpc) is 3.20. The van der Waals surface area contributed by atoms with Crippen LogP contribution in [0, 0.1) is 0 Å². The molecule has 1 aliphatic rings. The minimum atomic E-state index is -0.321. The zero-order valence-corrected chi connectivity index (χ0v) is 16.8. The number of anilines is 1. The van der Waals surface area contributed by atoms with E-state index in [4.69, 9.17) is 33.3 Å². The van der Waals surface area contributed by atoms with Crippen LogP contribution < -0.4 is 15.4 Å². The number of halogens is 1. The molecular formula is C21H21ClN2O3S. The first-order valence-electron chi connectivity index (χ1n) is 8.98. The number of benzene rings is 2. The van der Waals surface area contributed by atoms with E-state index in [-0.39, 0.29) is 17.1 Å². The summed E-state index contributed by atoms with van der Waals surface area (Å²) in [6.45, 7) is 1.33. The maximum Gasteiger partial charge on any atom is 0.250 e. The van der Waals surface area contributed by atoms with Crippen LogP contribution >= 0.6 is 23.8 Å². The van der Waals surface area contributed by atoms with E-state index in [0.717, 1.165) is 36.4 Å². The molecule has 3 rings (SSSR count). The van der Waals surface area contributed by atoms with Crippen molar-refractivity contribution in [3.63, 3.8) is 0 Å². The van der Waals surface area contributed by atoms with Crippen LogP contribution in [0.15, 0.2) is 54.6 Å². The zero-order valence-electron chi connectivity index (χ0n) is 15.2. The Morgan fingerprint density at radius 2 is 2.11 bits per heavy atom. The van der Waals surface area contributed by atoms with Gasteiger partial charge in [-0.2, -0.15) is 0 Å².